The number of aromatic nitrogens is 1. The Morgan fingerprint density at radius 2 is 2.10 bits per heavy atom. The lowest BCUT2D eigenvalue weighted by molar-refractivity contribution is -0.117. The molecule has 1 aliphatic heterocycles. The van der Waals surface area contributed by atoms with Gasteiger partial charge < -0.3 is 10.2 Å². The second kappa shape index (κ2) is 5.61. The predicted molar refractivity (Wildman–Crippen MR) is 78.6 cm³/mol. The number of para-hydroxylation sites is 1. The van der Waals surface area contributed by atoms with Gasteiger partial charge in [0.2, 0.25) is 5.91 Å². The van der Waals surface area contributed by atoms with Crippen LogP contribution in [-0.2, 0) is 17.9 Å². The van der Waals surface area contributed by atoms with Gasteiger partial charge in [0.1, 0.15) is 0 Å². The van der Waals surface area contributed by atoms with Gasteiger partial charge in [-0.25, -0.2) is 0 Å². The van der Waals surface area contributed by atoms with E-state index in [0.29, 0.717) is 24.7 Å². The third-order valence-corrected chi connectivity index (χ3v) is 3.70. The van der Waals surface area contributed by atoms with Crippen molar-refractivity contribution < 1.29 is 4.79 Å². The molecular weight excluding hydrogens is 274 g/mol. The van der Waals surface area contributed by atoms with Gasteiger partial charge >= 0.3 is 0 Å². The van der Waals surface area contributed by atoms with Crippen molar-refractivity contribution in [1.82, 2.24) is 10.3 Å². The van der Waals surface area contributed by atoms with E-state index >= 15 is 0 Å². The first-order chi connectivity index (χ1) is 9.75. The number of anilines is 1. The molecule has 20 heavy (non-hydrogen) atoms. The lowest BCUT2D eigenvalue weighted by Crippen LogP contribution is -2.35. The molecule has 1 aliphatic rings. The van der Waals surface area contributed by atoms with E-state index in [4.69, 9.17) is 11.6 Å². The van der Waals surface area contributed by atoms with E-state index in [1.807, 2.05) is 30.3 Å². The summed E-state index contributed by atoms with van der Waals surface area (Å²) in [5.41, 5.74) is 2.95. The number of halogens is 1. The van der Waals surface area contributed by atoms with Crippen LogP contribution in [0, 0.1) is 0 Å². The summed E-state index contributed by atoms with van der Waals surface area (Å²) in [5, 5.41) is 3.73. The van der Waals surface area contributed by atoms with Crippen LogP contribution in [0.3, 0.4) is 0 Å². The Bertz CT molecular complexity index is 645. The number of carbonyl (C=O) groups excluding carboxylic acids is 1. The minimum atomic E-state index is 0.0443. The van der Waals surface area contributed by atoms with E-state index in [1.165, 1.54) is 0 Å². The van der Waals surface area contributed by atoms with Crippen molar-refractivity contribution in [3.63, 3.8) is 0 Å². The van der Waals surface area contributed by atoms with Crippen molar-refractivity contribution >= 4 is 23.2 Å². The molecule has 102 valence electrons. The third kappa shape index (κ3) is 2.53. The fourth-order valence-corrected chi connectivity index (χ4v) is 2.51. The van der Waals surface area contributed by atoms with Gasteiger partial charge in [0.05, 0.1) is 18.1 Å². The highest BCUT2D eigenvalue weighted by Gasteiger charge is 2.22. The van der Waals surface area contributed by atoms with Gasteiger partial charge in [0, 0.05) is 24.6 Å². The first-order valence-electron chi connectivity index (χ1n) is 6.43. The number of fused-ring (bicyclic) bond motifs is 1. The second-order valence-corrected chi connectivity index (χ2v) is 5.09. The van der Waals surface area contributed by atoms with Gasteiger partial charge in [-0.3, -0.25) is 9.78 Å². The molecule has 0 unspecified atom stereocenters. The Morgan fingerprint density at radius 1 is 1.25 bits per heavy atom. The second-order valence-electron chi connectivity index (χ2n) is 4.68. The maximum absolute atomic E-state index is 12.3. The normalized spacial score (nSPS) is 14.8. The van der Waals surface area contributed by atoms with Crippen molar-refractivity contribution in [2.45, 2.75) is 13.1 Å². The van der Waals surface area contributed by atoms with Crippen molar-refractivity contribution in [3.05, 3.63) is 58.9 Å². The summed E-state index contributed by atoms with van der Waals surface area (Å²) in [7, 11) is 0. The fraction of sp³-hybridized carbons (Fsp3) is 0.200. The summed E-state index contributed by atoms with van der Waals surface area (Å²) in [6.07, 6.45) is 3.29. The lowest BCUT2D eigenvalue weighted by atomic mass is 10.1. The zero-order valence-electron chi connectivity index (χ0n) is 10.8. The summed E-state index contributed by atoms with van der Waals surface area (Å²) in [5.74, 6) is 0.0443. The predicted octanol–water partition coefficient (Wildman–Crippen LogP) is 2.37. The molecular formula is C15H14ClN3O. The Kier molecular flexibility index (Phi) is 3.67. The van der Waals surface area contributed by atoms with Crippen molar-refractivity contribution in [2.24, 2.45) is 0 Å². The average molecular weight is 288 g/mol. The molecule has 0 atom stereocenters. The molecule has 2 heterocycles. The van der Waals surface area contributed by atoms with Gasteiger partial charge in [0.15, 0.2) is 0 Å². The number of pyridine rings is 1. The van der Waals surface area contributed by atoms with Crippen molar-refractivity contribution in [1.29, 1.82) is 0 Å². The number of nitrogens with zero attached hydrogens (tertiary/aromatic N) is 2. The minimum absolute atomic E-state index is 0.0443. The van der Waals surface area contributed by atoms with Crippen LogP contribution in [0.1, 0.15) is 11.1 Å². The number of carbonyl (C=O) groups is 1. The largest absolute Gasteiger partial charge is 0.307 e. The SMILES string of the molecule is O=C1CNCc2ccccc2N1Cc1ccncc1Cl. The molecule has 1 aromatic carbocycles. The summed E-state index contributed by atoms with van der Waals surface area (Å²) in [4.78, 5) is 18.0. The highest BCUT2D eigenvalue weighted by Crippen LogP contribution is 2.26. The molecule has 0 bridgehead atoms. The summed E-state index contributed by atoms with van der Waals surface area (Å²) >= 11 is 6.14. The van der Waals surface area contributed by atoms with E-state index in [2.05, 4.69) is 10.3 Å². The Balaban J connectivity index is 1.98. The van der Waals surface area contributed by atoms with Crippen LogP contribution in [0.5, 0.6) is 0 Å². The monoisotopic (exact) mass is 287 g/mol. The smallest absolute Gasteiger partial charge is 0.241 e. The van der Waals surface area contributed by atoms with Crippen LogP contribution < -0.4 is 10.2 Å². The summed E-state index contributed by atoms with van der Waals surface area (Å²) in [6.45, 7) is 1.48. The van der Waals surface area contributed by atoms with Gasteiger partial charge in [-0.1, -0.05) is 29.8 Å². The first-order valence-corrected chi connectivity index (χ1v) is 6.81. The molecule has 0 fully saturated rings. The van der Waals surface area contributed by atoms with E-state index in [9.17, 15) is 4.79 Å². The average Bonchev–Trinajstić information content (AvgIpc) is 2.61. The summed E-state index contributed by atoms with van der Waals surface area (Å²) in [6, 6.07) is 9.76. The van der Waals surface area contributed by atoms with Gasteiger partial charge in [-0.05, 0) is 23.3 Å². The number of rotatable bonds is 2. The van der Waals surface area contributed by atoms with Gasteiger partial charge in [0.25, 0.3) is 0 Å². The summed E-state index contributed by atoms with van der Waals surface area (Å²) < 4.78 is 0. The van der Waals surface area contributed by atoms with E-state index in [1.54, 1.807) is 17.3 Å². The van der Waals surface area contributed by atoms with Crippen molar-refractivity contribution in [3.8, 4) is 0 Å². The fourth-order valence-electron chi connectivity index (χ4n) is 2.33. The highest BCUT2D eigenvalue weighted by atomic mass is 35.5. The minimum Gasteiger partial charge on any atom is -0.307 e. The molecule has 5 heteroatoms. The van der Waals surface area contributed by atoms with Gasteiger partial charge in [-0.15, -0.1) is 0 Å². The molecule has 0 saturated heterocycles. The molecule has 1 N–H and O–H groups in total. The molecule has 0 saturated carbocycles. The maximum Gasteiger partial charge on any atom is 0.241 e. The molecule has 3 rings (SSSR count). The molecule has 0 spiro atoms. The lowest BCUT2D eigenvalue weighted by Gasteiger charge is -2.23. The number of amides is 1. The van der Waals surface area contributed by atoms with Crippen LogP contribution in [0.25, 0.3) is 0 Å². The molecule has 0 aliphatic carbocycles. The molecule has 4 nitrogen and oxygen atoms in total. The zero-order valence-corrected chi connectivity index (χ0v) is 11.6. The zero-order chi connectivity index (χ0) is 13.9. The maximum atomic E-state index is 12.3. The Labute approximate surface area is 122 Å². The number of benzene rings is 1. The van der Waals surface area contributed by atoms with E-state index < -0.39 is 0 Å². The van der Waals surface area contributed by atoms with Crippen LogP contribution in [-0.4, -0.2) is 17.4 Å². The molecule has 1 amide bonds. The van der Waals surface area contributed by atoms with Crippen LogP contribution >= 0.6 is 11.6 Å². The molecule has 2 aromatic rings. The topological polar surface area (TPSA) is 45.2 Å². The number of nitrogens with one attached hydrogen (secondary N) is 1. The standard InChI is InChI=1S/C15H14ClN3O/c16-13-8-17-6-5-12(13)10-19-14-4-2-1-3-11(14)7-18-9-15(19)20/h1-6,8,18H,7,9-10H2. The number of hydrogen-bond acceptors (Lipinski definition) is 3. The Hall–Kier alpha value is -1.91. The van der Waals surface area contributed by atoms with Crippen LogP contribution in [0.2, 0.25) is 5.02 Å². The third-order valence-electron chi connectivity index (χ3n) is 3.36. The van der Waals surface area contributed by atoms with E-state index in [0.717, 1.165) is 16.8 Å². The molecule has 0 radical (unpaired) electrons. The quantitative estimate of drug-likeness (QED) is 0.922. The van der Waals surface area contributed by atoms with Crippen molar-refractivity contribution in [2.75, 3.05) is 11.4 Å². The first kappa shape index (κ1) is 13.1. The van der Waals surface area contributed by atoms with Gasteiger partial charge in [-0.2, -0.15) is 0 Å². The highest BCUT2D eigenvalue weighted by molar-refractivity contribution is 6.31. The van der Waals surface area contributed by atoms with Crippen LogP contribution in [0.15, 0.2) is 42.7 Å². The molecule has 1 aromatic heterocycles. The van der Waals surface area contributed by atoms with Crippen LogP contribution in [0.4, 0.5) is 5.69 Å². The van der Waals surface area contributed by atoms with E-state index in [-0.39, 0.29) is 5.91 Å². The Morgan fingerprint density at radius 3 is 2.95 bits per heavy atom. The number of hydrogen-bond donors (Lipinski definition) is 1.